The second-order valence-electron chi connectivity index (χ2n) is 6.59. The molecule has 6 nitrogen and oxygen atoms in total. The number of hydrogen-bond acceptors (Lipinski definition) is 4. The molecule has 1 aromatic heterocycles. The van der Waals surface area contributed by atoms with Crippen LogP contribution in [0.5, 0.6) is 0 Å². The van der Waals surface area contributed by atoms with E-state index in [9.17, 15) is 0 Å². The lowest BCUT2D eigenvalue weighted by atomic mass is 10.2. The van der Waals surface area contributed by atoms with Gasteiger partial charge in [0.1, 0.15) is 5.76 Å². The second-order valence-corrected chi connectivity index (χ2v) is 7.03. The summed E-state index contributed by atoms with van der Waals surface area (Å²) in [6.07, 6.45) is 2.76. The first-order valence-electron chi connectivity index (χ1n) is 9.44. The summed E-state index contributed by atoms with van der Waals surface area (Å²) < 4.78 is 5.32. The molecule has 7 heteroatoms. The molecular weight excluding hydrogens is 362 g/mol. The van der Waals surface area contributed by atoms with Crippen LogP contribution in [0.15, 0.2) is 52.1 Å². The molecular formula is C20H28ClN5O. The number of aliphatic imine (C=N–C) groups is 1. The number of hydrogen-bond donors (Lipinski definition) is 2. The molecule has 0 radical (unpaired) electrons. The minimum atomic E-state index is 0.637. The maximum absolute atomic E-state index is 6.10. The monoisotopic (exact) mass is 389 g/mol. The highest BCUT2D eigenvalue weighted by Gasteiger charge is 2.16. The van der Waals surface area contributed by atoms with Gasteiger partial charge in [0.2, 0.25) is 0 Å². The molecule has 0 aliphatic carbocycles. The molecule has 0 saturated carbocycles. The van der Waals surface area contributed by atoms with Gasteiger partial charge in [-0.05, 0) is 43.3 Å². The van der Waals surface area contributed by atoms with Gasteiger partial charge in [0.25, 0.3) is 0 Å². The van der Waals surface area contributed by atoms with Crippen LogP contribution in [-0.4, -0.2) is 57.2 Å². The molecule has 2 heterocycles. The fourth-order valence-electron chi connectivity index (χ4n) is 3.22. The van der Waals surface area contributed by atoms with Crippen molar-refractivity contribution in [2.24, 2.45) is 4.99 Å². The van der Waals surface area contributed by atoms with Gasteiger partial charge >= 0.3 is 0 Å². The smallest absolute Gasteiger partial charge is 0.191 e. The molecule has 0 spiro atoms. The summed E-state index contributed by atoms with van der Waals surface area (Å²) in [5.41, 5.74) is 1.22. The number of halogens is 1. The van der Waals surface area contributed by atoms with Crippen LogP contribution in [0.25, 0.3) is 0 Å². The van der Waals surface area contributed by atoms with Gasteiger partial charge in [0.05, 0.1) is 12.8 Å². The van der Waals surface area contributed by atoms with Crippen molar-refractivity contribution >= 4 is 23.2 Å². The number of furan rings is 1. The first-order valence-corrected chi connectivity index (χ1v) is 9.82. The van der Waals surface area contributed by atoms with E-state index in [-0.39, 0.29) is 0 Å². The molecule has 1 aliphatic heterocycles. The second kappa shape index (κ2) is 10.2. The Morgan fingerprint density at radius 1 is 1.15 bits per heavy atom. The van der Waals surface area contributed by atoms with Crippen LogP contribution in [0.4, 0.5) is 5.69 Å². The van der Waals surface area contributed by atoms with E-state index in [2.05, 4.69) is 31.5 Å². The van der Waals surface area contributed by atoms with Crippen LogP contribution >= 0.6 is 11.6 Å². The van der Waals surface area contributed by atoms with Gasteiger partial charge in [-0.25, -0.2) is 0 Å². The highest BCUT2D eigenvalue weighted by molar-refractivity contribution is 6.30. The first kappa shape index (κ1) is 19.6. The summed E-state index contributed by atoms with van der Waals surface area (Å²) in [6, 6.07) is 12.0. The van der Waals surface area contributed by atoms with Crippen molar-refractivity contribution < 1.29 is 4.42 Å². The van der Waals surface area contributed by atoms with Gasteiger partial charge < -0.3 is 20.0 Å². The van der Waals surface area contributed by atoms with E-state index in [0.29, 0.717) is 6.54 Å². The highest BCUT2D eigenvalue weighted by Crippen LogP contribution is 2.20. The number of piperazine rings is 1. The molecule has 27 heavy (non-hydrogen) atoms. The minimum absolute atomic E-state index is 0.637. The van der Waals surface area contributed by atoms with Crippen LogP contribution in [0.2, 0.25) is 5.02 Å². The van der Waals surface area contributed by atoms with Crippen molar-refractivity contribution in [2.45, 2.75) is 13.0 Å². The Kier molecular flexibility index (Phi) is 7.42. The maximum atomic E-state index is 6.10. The summed E-state index contributed by atoms with van der Waals surface area (Å²) in [6.45, 7) is 6.87. The van der Waals surface area contributed by atoms with Crippen molar-refractivity contribution in [3.8, 4) is 0 Å². The largest absolute Gasteiger partial charge is 0.467 e. The van der Waals surface area contributed by atoms with Crippen LogP contribution in [0, 0.1) is 0 Å². The van der Waals surface area contributed by atoms with E-state index in [1.807, 2.05) is 30.3 Å². The van der Waals surface area contributed by atoms with Gasteiger partial charge in [-0.15, -0.1) is 0 Å². The van der Waals surface area contributed by atoms with E-state index in [0.717, 1.165) is 62.4 Å². The summed E-state index contributed by atoms with van der Waals surface area (Å²) in [5.74, 6) is 1.70. The van der Waals surface area contributed by atoms with Crippen LogP contribution in [0.1, 0.15) is 12.2 Å². The van der Waals surface area contributed by atoms with Gasteiger partial charge in [-0.2, -0.15) is 0 Å². The molecule has 1 aliphatic rings. The van der Waals surface area contributed by atoms with E-state index in [1.54, 1.807) is 13.3 Å². The van der Waals surface area contributed by atoms with Crippen molar-refractivity contribution in [1.29, 1.82) is 0 Å². The summed E-state index contributed by atoms with van der Waals surface area (Å²) in [7, 11) is 1.78. The first-order chi connectivity index (χ1) is 13.2. The average molecular weight is 390 g/mol. The normalized spacial score (nSPS) is 15.8. The van der Waals surface area contributed by atoms with Crippen molar-refractivity contribution in [3.63, 3.8) is 0 Å². The molecule has 146 valence electrons. The molecule has 2 aromatic rings. The maximum Gasteiger partial charge on any atom is 0.191 e. The quantitative estimate of drug-likeness (QED) is 0.433. The molecule has 3 rings (SSSR count). The fraction of sp³-hybridized carbons (Fsp3) is 0.450. The zero-order chi connectivity index (χ0) is 18.9. The van der Waals surface area contributed by atoms with Crippen LogP contribution < -0.4 is 15.5 Å². The molecule has 0 amide bonds. The molecule has 0 unspecified atom stereocenters. The predicted molar refractivity (Wildman–Crippen MR) is 112 cm³/mol. The predicted octanol–water partition coefficient (Wildman–Crippen LogP) is 2.81. The number of nitrogens with one attached hydrogen (secondary N) is 2. The standard InChI is InChI=1S/C20H28ClN5O/c1-22-20(24-16-19-7-3-14-27-19)23-8-4-9-25-10-12-26(13-11-25)18-6-2-5-17(21)15-18/h2-3,5-7,14-15H,4,8-13,16H2,1H3,(H2,22,23,24). The molecule has 2 N–H and O–H groups in total. The Hall–Kier alpha value is -2.18. The van der Waals surface area contributed by atoms with Crippen molar-refractivity contribution in [1.82, 2.24) is 15.5 Å². The van der Waals surface area contributed by atoms with Crippen molar-refractivity contribution in [2.75, 3.05) is 51.2 Å². The van der Waals surface area contributed by atoms with Gasteiger partial charge in [0.15, 0.2) is 5.96 Å². The number of guanidine groups is 1. The highest BCUT2D eigenvalue weighted by atomic mass is 35.5. The fourth-order valence-corrected chi connectivity index (χ4v) is 3.40. The number of nitrogens with zero attached hydrogens (tertiary/aromatic N) is 3. The average Bonchev–Trinajstić information content (AvgIpc) is 3.21. The molecule has 1 fully saturated rings. The molecule has 0 atom stereocenters. The Morgan fingerprint density at radius 2 is 2.00 bits per heavy atom. The molecule has 1 aromatic carbocycles. The Labute approximate surface area is 166 Å². The Morgan fingerprint density at radius 3 is 2.70 bits per heavy atom. The zero-order valence-electron chi connectivity index (χ0n) is 15.8. The van der Waals surface area contributed by atoms with E-state index in [1.165, 1.54) is 5.69 Å². The van der Waals surface area contributed by atoms with Gasteiger partial charge in [-0.1, -0.05) is 17.7 Å². The van der Waals surface area contributed by atoms with Crippen LogP contribution in [0.3, 0.4) is 0 Å². The number of rotatable bonds is 7. The van der Waals surface area contributed by atoms with E-state index in [4.69, 9.17) is 16.0 Å². The molecule has 1 saturated heterocycles. The van der Waals surface area contributed by atoms with Crippen molar-refractivity contribution in [3.05, 3.63) is 53.4 Å². The van der Waals surface area contributed by atoms with Gasteiger partial charge in [0, 0.05) is 50.5 Å². The third kappa shape index (κ3) is 6.19. The summed E-state index contributed by atoms with van der Waals surface area (Å²) in [4.78, 5) is 9.16. The lowest BCUT2D eigenvalue weighted by molar-refractivity contribution is 0.255. The third-order valence-electron chi connectivity index (χ3n) is 4.72. The number of anilines is 1. The van der Waals surface area contributed by atoms with Gasteiger partial charge in [-0.3, -0.25) is 9.89 Å². The third-order valence-corrected chi connectivity index (χ3v) is 4.96. The lowest BCUT2D eigenvalue weighted by Gasteiger charge is -2.36. The van der Waals surface area contributed by atoms with E-state index >= 15 is 0 Å². The Bertz CT molecular complexity index is 711. The lowest BCUT2D eigenvalue weighted by Crippen LogP contribution is -2.47. The minimum Gasteiger partial charge on any atom is -0.467 e. The summed E-state index contributed by atoms with van der Waals surface area (Å²) >= 11 is 6.10. The topological polar surface area (TPSA) is 56.0 Å². The SMILES string of the molecule is CN=C(NCCCN1CCN(c2cccc(Cl)c2)CC1)NCc1ccco1. The Balaban J connectivity index is 1.31. The zero-order valence-corrected chi connectivity index (χ0v) is 16.6. The van der Waals surface area contributed by atoms with E-state index < -0.39 is 0 Å². The number of benzene rings is 1. The molecule has 0 bridgehead atoms. The summed E-state index contributed by atoms with van der Waals surface area (Å²) in [5, 5.41) is 7.41. The van der Waals surface area contributed by atoms with Crippen LogP contribution in [-0.2, 0) is 6.54 Å².